The van der Waals surface area contributed by atoms with Gasteiger partial charge in [-0.2, -0.15) is 0 Å². The van der Waals surface area contributed by atoms with Crippen LogP contribution in [0.5, 0.6) is 0 Å². The van der Waals surface area contributed by atoms with Gasteiger partial charge in [0.05, 0.1) is 5.60 Å². The summed E-state index contributed by atoms with van der Waals surface area (Å²) in [6.07, 6.45) is 2.48. The summed E-state index contributed by atoms with van der Waals surface area (Å²) in [5.74, 6) is 0. The lowest BCUT2D eigenvalue weighted by molar-refractivity contribution is 0.0125. The van der Waals surface area contributed by atoms with Crippen molar-refractivity contribution in [1.29, 1.82) is 0 Å². The molecule has 1 aromatic carbocycles. The molecule has 0 radical (unpaired) electrons. The number of methoxy groups -OCH3 is 1. The van der Waals surface area contributed by atoms with Gasteiger partial charge in [-0.15, -0.1) is 0 Å². The molecule has 1 rings (SSSR count). The summed E-state index contributed by atoms with van der Waals surface area (Å²) in [7, 11) is 1.72. The molecular formula is C14H21Cl2NO. The first kappa shape index (κ1) is 15.8. The van der Waals surface area contributed by atoms with Gasteiger partial charge in [0.25, 0.3) is 0 Å². The van der Waals surface area contributed by atoms with Crippen LogP contribution in [0.3, 0.4) is 0 Å². The van der Waals surface area contributed by atoms with E-state index < -0.39 is 0 Å². The molecule has 0 saturated heterocycles. The van der Waals surface area contributed by atoms with Crippen molar-refractivity contribution in [3.63, 3.8) is 0 Å². The molecule has 2 N–H and O–H groups in total. The molecule has 0 aliphatic rings. The normalized spacial score (nSPS) is 13.7. The molecule has 0 heterocycles. The zero-order valence-electron chi connectivity index (χ0n) is 11.2. The topological polar surface area (TPSA) is 35.2 Å². The van der Waals surface area contributed by atoms with Gasteiger partial charge in [-0.05, 0) is 50.8 Å². The third kappa shape index (κ3) is 4.77. The Hall–Kier alpha value is -0.280. The van der Waals surface area contributed by atoms with Crippen LogP contribution in [-0.4, -0.2) is 18.8 Å². The third-order valence-corrected chi connectivity index (χ3v) is 3.91. The van der Waals surface area contributed by atoms with E-state index in [1.54, 1.807) is 7.11 Å². The zero-order valence-corrected chi connectivity index (χ0v) is 12.7. The Morgan fingerprint density at radius 3 is 2.33 bits per heavy atom. The molecular weight excluding hydrogens is 269 g/mol. The molecule has 102 valence electrons. The first-order valence-corrected chi connectivity index (χ1v) is 6.85. The third-order valence-electron chi connectivity index (χ3n) is 3.20. The maximum atomic E-state index is 6.13. The summed E-state index contributed by atoms with van der Waals surface area (Å²) in [4.78, 5) is 0. The lowest BCUT2D eigenvalue weighted by Crippen LogP contribution is -2.29. The molecule has 0 saturated carbocycles. The van der Waals surface area contributed by atoms with E-state index in [1.165, 1.54) is 0 Å². The predicted octanol–water partition coefficient (Wildman–Crippen LogP) is 4.07. The predicted molar refractivity (Wildman–Crippen MR) is 78.5 cm³/mol. The Morgan fingerprint density at radius 1 is 1.28 bits per heavy atom. The maximum Gasteiger partial charge on any atom is 0.0623 e. The van der Waals surface area contributed by atoms with E-state index >= 15 is 0 Å². The van der Waals surface area contributed by atoms with E-state index in [9.17, 15) is 0 Å². The minimum absolute atomic E-state index is 0.0387. The molecule has 0 aliphatic heterocycles. The Kier molecular flexibility index (Phi) is 5.93. The second kappa shape index (κ2) is 6.76. The highest BCUT2D eigenvalue weighted by Gasteiger charge is 2.18. The van der Waals surface area contributed by atoms with Crippen molar-refractivity contribution in [3.05, 3.63) is 33.8 Å². The average Bonchev–Trinajstić information content (AvgIpc) is 2.32. The van der Waals surface area contributed by atoms with Gasteiger partial charge < -0.3 is 10.5 Å². The fourth-order valence-corrected chi connectivity index (χ4v) is 2.28. The first-order valence-electron chi connectivity index (χ1n) is 6.09. The lowest BCUT2D eigenvalue weighted by atomic mass is 9.95. The molecule has 2 nitrogen and oxygen atoms in total. The smallest absolute Gasteiger partial charge is 0.0623 e. The molecule has 18 heavy (non-hydrogen) atoms. The molecule has 0 aliphatic carbocycles. The Balaban J connectivity index is 2.57. The van der Waals surface area contributed by atoms with Crippen LogP contribution in [-0.2, 0) is 11.2 Å². The van der Waals surface area contributed by atoms with Crippen LogP contribution in [0.25, 0.3) is 0 Å². The molecule has 4 heteroatoms. The quantitative estimate of drug-likeness (QED) is 0.857. The highest BCUT2D eigenvalue weighted by molar-refractivity contribution is 6.35. The number of hydrogen-bond donors (Lipinski definition) is 1. The van der Waals surface area contributed by atoms with Gasteiger partial charge in [0.15, 0.2) is 0 Å². The standard InChI is InChI=1S/C14H21Cl2NO/c1-14(2,18-3)8-7-10(17)9-11-12(15)5-4-6-13(11)16/h4-6,10H,7-9,17H2,1-3H3. The SMILES string of the molecule is COC(C)(C)CCC(N)Cc1c(Cl)cccc1Cl. The molecule has 0 fully saturated rings. The second-order valence-corrected chi connectivity index (χ2v) is 5.98. The Labute approximate surface area is 119 Å². The summed E-state index contributed by atoms with van der Waals surface area (Å²) >= 11 is 12.3. The molecule has 1 aromatic rings. The van der Waals surface area contributed by atoms with Crippen LogP contribution in [0, 0.1) is 0 Å². The van der Waals surface area contributed by atoms with Gasteiger partial charge in [-0.1, -0.05) is 29.3 Å². The number of benzene rings is 1. The lowest BCUT2D eigenvalue weighted by Gasteiger charge is -2.24. The van der Waals surface area contributed by atoms with Crippen LogP contribution in [0.4, 0.5) is 0 Å². The number of ether oxygens (including phenoxy) is 1. The van der Waals surface area contributed by atoms with E-state index in [0.29, 0.717) is 16.5 Å². The van der Waals surface area contributed by atoms with E-state index in [0.717, 1.165) is 18.4 Å². The number of halogens is 2. The first-order chi connectivity index (χ1) is 8.35. The zero-order chi connectivity index (χ0) is 13.8. The minimum atomic E-state index is -0.137. The van der Waals surface area contributed by atoms with Gasteiger partial charge in [-0.25, -0.2) is 0 Å². The Morgan fingerprint density at radius 2 is 1.83 bits per heavy atom. The summed E-state index contributed by atoms with van der Waals surface area (Å²) in [6.45, 7) is 4.12. The van der Waals surface area contributed by atoms with Gasteiger partial charge in [0.1, 0.15) is 0 Å². The molecule has 0 bridgehead atoms. The highest BCUT2D eigenvalue weighted by Crippen LogP contribution is 2.26. The largest absolute Gasteiger partial charge is 0.379 e. The van der Waals surface area contributed by atoms with Gasteiger partial charge in [-0.3, -0.25) is 0 Å². The fraction of sp³-hybridized carbons (Fsp3) is 0.571. The van der Waals surface area contributed by atoms with E-state index in [4.69, 9.17) is 33.7 Å². The van der Waals surface area contributed by atoms with Crippen molar-refractivity contribution in [2.45, 2.75) is 44.8 Å². The average molecular weight is 290 g/mol. The van der Waals surface area contributed by atoms with Crippen LogP contribution < -0.4 is 5.73 Å². The summed E-state index contributed by atoms with van der Waals surface area (Å²) in [5, 5.41) is 1.37. The second-order valence-electron chi connectivity index (χ2n) is 5.17. The maximum absolute atomic E-state index is 6.13. The van der Waals surface area contributed by atoms with Crippen LogP contribution in [0.15, 0.2) is 18.2 Å². The number of nitrogens with two attached hydrogens (primary N) is 1. The summed E-state index contributed by atoms with van der Waals surface area (Å²) in [6, 6.07) is 5.56. The van der Waals surface area contributed by atoms with Gasteiger partial charge >= 0.3 is 0 Å². The highest BCUT2D eigenvalue weighted by atomic mass is 35.5. The van der Waals surface area contributed by atoms with Crippen LogP contribution in [0.1, 0.15) is 32.3 Å². The number of rotatable bonds is 6. The van der Waals surface area contributed by atoms with E-state index in [2.05, 4.69) is 13.8 Å². The van der Waals surface area contributed by atoms with Gasteiger partial charge in [0, 0.05) is 23.2 Å². The van der Waals surface area contributed by atoms with Crippen molar-refractivity contribution in [3.8, 4) is 0 Å². The monoisotopic (exact) mass is 289 g/mol. The Bertz CT molecular complexity index is 373. The summed E-state index contributed by atoms with van der Waals surface area (Å²) < 4.78 is 5.38. The molecule has 1 atom stereocenters. The molecule has 0 aromatic heterocycles. The van der Waals surface area contributed by atoms with Crippen molar-refractivity contribution in [2.75, 3.05) is 7.11 Å². The molecule has 1 unspecified atom stereocenters. The molecule has 0 spiro atoms. The van der Waals surface area contributed by atoms with E-state index in [1.807, 2.05) is 18.2 Å². The summed E-state index contributed by atoms with van der Waals surface area (Å²) in [5.41, 5.74) is 6.93. The van der Waals surface area contributed by atoms with Gasteiger partial charge in [0.2, 0.25) is 0 Å². The number of hydrogen-bond acceptors (Lipinski definition) is 2. The minimum Gasteiger partial charge on any atom is -0.379 e. The van der Waals surface area contributed by atoms with Crippen LogP contribution in [0.2, 0.25) is 10.0 Å². The van der Waals surface area contributed by atoms with Crippen molar-refractivity contribution < 1.29 is 4.74 Å². The van der Waals surface area contributed by atoms with Crippen molar-refractivity contribution in [2.24, 2.45) is 5.73 Å². The van der Waals surface area contributed by atoms with Crippen molar-refractivity contribution in [1.82, 2.24) is 0 Å². The van der Waals surface area contributed by atoms with Crippen molar-refractivity contribution >= 4 is 23.2 Å². The van der Waals surface area contributed by atoms with E-state index in [-0.39, 0.29) is 11.6 Å². The molecule has 0 amide bonds. The van der Waals surface area contributed by atoms with Crippen LogP contribution >= 0.6 is 23.2 Å². The fourth-order valence-electron chi connectivity index (χ4n) is 1.73.